The van der Waals surface area contributed by atoms with Gasteiger partial charge in [-0.1, -0.05) is 24.3 Å². The summed E-state index contributed by atoms with van der Waals surface area (Å²) in [5.41, 5.74) is 11.4. The van der Waals surface area contributed by atoms with Crippen LogP contribution < -0.4 is 11.1 Å². The number of benzene rings is 1. The number of hydrogen-bond acceptors (Lipinski definition) is 5. The first-order chi connectivity index (χ1) is 11.6. The van der Waals surface area contributed by atoms with Crippen LogP contribution in [0.15, 0.2) is 48.8 Å². The standard InChI is InChI=1S/C19H21N5/c1-13-5-3-7-16(14(13)2)17-11-18(24-19(20)23-17)22-10-8-15-6-4-9-21-12-15/h3-7,9,11-12H,8,10H2,1-2H3,(H3,20,22,23,24). The number of nitrogens with one attached hydrogen (secondary N) is 1. The van der Waals surface area contributed by atoms with E-state index in [1.54, 1.807) is 6.20 Å². The Morgan fingerprint density at radius 2 is 1.96 bits per heavy atom. The Hall–Kier alpha value is -2.95. The van der Waals surface area contributed by atoms with Crippen LogP contribution in [0, 0.1) is 13.8 Å². The fourth-order valence-electron chi connectivity index (χ4n) is 2.60. The van der Waals surface area contributed by atoms with E-state index in [1.165, 1.54) is 16.7 Å². The molecule has 0 unspecified atom stereocenters. The summed E-state index contributed by atoms with van der Waals surface area (Å²) in [5, 5.41) is 3.32. The monoisotopic (exact) mass is 319 g/mol. The number of nitrogens with zero attached hydrogens (tertiary/aromatic N) is 3. The van der Waals surface area contributed by atoms with Crippen LogP contribution in [0.1, 0.15) is 16.7 Å². The van der Waals surface area contributed by atoms with Crippen molar-refractivity contribution in [2.75, 3.05) is 17.6 Å². The zero-order valence-electron chi connectivity index (χ0n) is 14.0. The van der Waals surface area contributed by atoms with Gasteiger partial charge in [-0.3, -0.25) is 4.98 Å². The highest BCUT2D eigenvalue weighted by Gasteiger charge is 2.08. The Morgan fingerprint density at radius 3 is 2.75 bits per heavy atom. The molecular formula is C19H21N5. The third-order valence-corrected chi connectivity index (χ3v) is 4.07. The molecule has 5 nitrogen and oxygen atoms in total. The van der Waals surface area contributed by atoms with Gasteiger partial charge in [0.05, 0.1) is 5.69 Å². The zero-order chi connectivity index (χ0) is 16.9. The molecule has 3 aromatic rings. The van der Waals surface area contributed by atoms with Crippen molar-refractivity contribution < 1.29 is 0 Å². The molecule has 0 saturated heterocycles. The van der Waals surface area contributed by atoms with Crippen LogP contribution in [0.25, 0.3) is 11.3 Å². The number of anilines is 2. The number of hydrogen-bond donors (Lipinski definition) is 2. The Bertz CT molecular complexity index is 830. The van der Waals surface area contributed by atoms with E-state index < -0.39 is 0 Å². The van der Waals surface area contributed by atoms with Gasteiger partial charge in [-0.05, 0) is 43.0 Å². The molecule has 0 aliphatic rings. The highest BCUT2D eigenvalue weighted by atomic mass is 15.1. The average Bonchev–Trinajstić information content (AvgIpc) is 2.58. The highest BCUT2D eigenvalue weighted by molar-refractivity contribution is 5.68. The molecule has 1 aromatic carbocycles. The normalized spacial score (nSPS) is 10.6. The molecule has 0 saturated carbocycles. The maximum absolute atomic E-state index is 5.90. The Labute approximate surface area is 142 Å². The molecule has 0 fully saturated rings. The van der Waals surface area contributed by atoms with Gasteiger partial charge in [-0.15, -0.1) is 0 Å². The Morgan fingerprint density at radius 1 is 1.08 bits per heavy atom. The third-order valence-electron chi connectivity index (χ3n) is 4.07. The second-order valence-electron chi connectivity index (χ2n) is 5.78. The molecule has 0 radical (unpaired) electrons. The van der Waals surface area contributed by atoms with Gasteiger partial charge < -0.3 is 11.1 Å². The summed E-state index contributed by atoms with van der Waals surface area (Å²) in [7, 11) is 0. The number of aryl methyl sites for hydroxylation is 1. The summed E-state index contributed by atoms with van der Waals surface area (Å²) in [6.07, 6.45) is 4.52. The van der Waals surface area contributed by atoms with Crippen molar-refractivity contribution >= 4 is 11.8 Å². The van der Waals surface area contributed by atoms with Crippen molar-refractivity contribution in [1.82, 2.24) is 15.0 Å². The van der Waals surface area contributed by atoms with E-state index in [9.17, 15) is 0 Å². The second kappa shape index (κ2) is 7.08. The molecule has 0 aliphatic heterocycles. The summed E-state index contributed by atoms with van der Waals surface area (Å²) in [4.78, 5) is 12.8. The largest absolute Gasteiger partial charge is 0.370 e. The lowest BCUT2D eigenvalue weighted by Crippen LogP contribution is -2.09. The van der Waals surface area contributed by atoms with E-state index in [0.29, 0.717) is 0 Å². The lowest BCUT2D eigenvalue weighted by molar-refractivity contribution is 0.990. The van der Waals surface area contributed by atoms with Gasteiger partial charge in [-0.25, -0.2) is 4.98 Å². The number of aromatic nitrogens is 3. The van der Waals surface area contributed by atoms with Gasteiger partial charge in [0.1, 0.15) is 5.82 Å². The predicted octanol–water partition coefficient (Wildman–Crippen LogP) is 3.39. The number of pyridine rings is 1. The third kappa shape index (κ3) is 3.68. The number of nitrogen functional groups attached to an aromatic ring is 1. The first-order valence-corrected chi connectivity index (χ1v) is 7.97. The zero-order valence-corrected chi connectivity index (χ0v) is 14.0. The first-order valence-electron chi connectivity index (χ1n) is 7.97. The van der Waals surface area contributed by atoms with E-state index in [1.807, 2.05) is 24.4 Å². The molecule has 2 aromatic heterocycles. The molecule has 24 heavy (non-hydrogen) atoms. The molecule has 0 atom stereocenters. The molecule has 3 N–H and O–H groups in total. The van der Waals surface area contributed by atoms with Crippen LogP contribution in [0.5, 0.6) is 0 Å². The second-order valence-corrected chi connectivity index (χ2v) is 5.78. The van der Waals surface area contributed by atoms with Crippen molar-refractivity contribution in [3.05, 3.63) is 65.5 Å². The minimum Gasteiger partial charge on any atom is -0.370 e. The highest BCUT2D eigenvalue weighted by Crippen LogP contribution is 2.25. The molecule has 0 aliphatic carbocycles. The lowest BCUT2D eigenvalue weighted by Gasteiger charge is -2.11. The van der Waals surface area contributed by atoms with Gasteiger partial charge in [-0.2, -0.15) is 4.98 Å². The van der Waals surface area contributed by atoms with Crippen molar-refractivity contribution in [1.29, 1.82) is 0 Å². The first kappa shape index (κ1) is 15.9. The molecule has 0 amide bonds. The molecule has 122 valence electrons. The fourth-order valence-corrected chi connectivity index (χ4v) is 2.60. The van der Waals surface area contributed by atoms with Crippen molar-refractivity contribution in [3.8, 4) is 11.3 Å². The topological polar surface area (TPSA) is 76.7 Å². The smallest absolute Gasteiger partial charge is 0.222 e. The lowest BCUT2D eigenvalue weighted by atomic mass is 10.0. The summed E-state index contributed by atoms with van der Waals surface area (Å²) in [5.74, 6) is 1.01. The van der Waals surface area contributed by atoms with E-state index in [0.717, 1.165) is 30.0 Å². The van der Waals surface area contributed by atoms with Crippen molar-refractivity contribution in [3.63, 3.8) is 0 Å². The van der Waals surface area contributed by atoms with Crippen LogP contribution in [-0.2, 0) is 6.42 Å². The Balaban J connectivity index is 1.78. The van der Waals surface area contributed by atoms with E-state index in [2.05, 4.69) is 52.3 Å². The van der Waals surface area contributed by atoms with Crippen LogP contribution in [0.4, 0.5) is 11.8 Å². The SMILES string of the molecule is Cc1cccc(-c2cc(NCCc3cccnc3)nc(N)n2)c1C. The van der Waals surface area contributed by atoms with E-state index >= 15 is 0 Å². The van der Waals surface area contributed by atoms with E-state index in [4.69, 9.17) is 5.73 Å². The number of rotatable bonds is 5. The predicted molar refractivity (Wildman–Crippen MR) is 97.8 cm³/mol. The summed E-state index contributed by atoms with van der Waals surface area (Å²) in [6, 6.07) is 12.1. The minimum atomic E-state index is 0.275. The van der Waals surface area contributed by atoms with Gasteiger partial charge in [0.25, 0.3) is 0 Å². The van der Waals surface area contributed by atoms with Gasteiger partial charge in [0.2, 0.25) is 5.95 Å². The summed E-state index contributed by atoms with van der Waals surface area (Å²) < 4.78 is 0. The fraction of sp³-hybridized carbons (Fsp3) is 0.211. The van der Waals surface area contributed by atoms with Crippen LogP contribution in [-0.4, -0.2) is 21.5 Å². The van der Waals surface area contributed by atoms with Gasteiger partial charge >= 0.3 is 0 Å². The summed E-state index contributed by atoms with van der Waals surface area (Å²) >= 11 is 0. The maximum atomic E-state index is 5.90. The molecule has 5 heteroatoms. The molecular weight excluding hydrogens is 298 g/mol. The minimum absolute atomic E-state index is 0.275. The molecule has 0 bridgehead atoms. The van der Waals surface area contributed by atoms with Crippen LogP contribution in [0.3, 0.4) is 0 Å². The van der Waals surface area contributed by atoms with Crippen LogP contribution in [0.2, 0.25) is 0 Å². The van der Waals surface area contributed by atoms with Gasteiger partial charge in [0, 0.05) is 30.6 Å². The average molecular weight is 319 g/mol. The van der Waals surface area contributed by atoms with Crippen LogP contribution >= 0.6 is 0 Å². The quantitative estimate of drug-likeness (QED) is 0.754. The van der Waals surface area contributed by atoms with E-state index in [-0.39, 0.29) is 5.95 Å². The van der Waals surface area contributed by atoms with Crippen molar-refractivity contribution in [2.45, 2.75) is 20.3 Å². The molecule has 0 spiro atoms. The maximum Gasteiger partial charge on any atom is 0.222 e. The van der Waals surface area contributed by atoms with Crippen molar-refractivity contribution in [2.24, 2.45) is 0 Å². The molecule has 2 heterocycles. The summed E-state index contributed by atoms with van der Waals surface area (Å²) in [6.45, 7) is 4.95. The van der Waals surface area contributed by atoms with Gasteiger partial charge in [0.15, 0.2) is 0 Å². The molecule has 3 rings (SSSR count). The number of nitrogens with two attached hydrogens (primary N) is 1. The Kier molecular flexibility index (Phi) is 4.70.